The van der Waals surface area contributed by atoms with E-state index in [-0.39, 0.29) is 5.97 Å². The third-order valence-electron chi connectivity index (χ3n) is 3.47. The van der Waals surface area contributed by atoms with Crippen molar-refractivity contribution < 1.29 is 9.53 Å². The molecule has 110 valence electrons. The van der Waals surface area contributed by atoms with Crippen molar-refractivity contribution in [1.82, 2.24) is 0 Å². The van der Waals surface area contributed by atoms with Crippen molar-refractivity contribution in [2.45, 2.75) is 52.4 Å². The van der Waals surface area contributed by atoms with Crippen molar-refractivity contribution >= 4 is 12.0 Å². The predicted molar refractivity (Wildman–Crippen MR) is 84.7 cm³/mol. The second-order valence-corrected chi connectivity index (χ2v) is 5.05. The third kappa shape index (κ3) is 5.20. The third-order valence-corrected chi connectivity index (χ3v) is 3.47. The van der Waals surface area contributed by atoms with Crippen LogP contribution >= 0.6 is 0 Å². The van der Waals surface area contributed by atoms with E-state index >= 15 is 0 Å². The number of rotatable bonds is 8. The lowest BCUT2D eigenvalue weighted by Crippen LogP contribution is -1.99. The number of esters is 1. The van der Waals surface area contributed by atoms with Crippen LogP contribution in [0.4, 0.5) is 0 Å². The minimum Gasteiger partial charge on any atom is -0.466 e. The van der Waals surface area contributed by atoms with Gasteiger partial charge in [0.2, 0.25) is 0 Å². The zero-order valence-corrected chi connectivity index (χ0v) is 12.9. The van der Waals surface area contributed by atoms with Gasteiger partial charge in [0.15, 0.2) is 0 Å². The van der Waals surface area contributed by atoms with E-state index in [1.807, 2.05) is 6.08 Å². The Bertz CT molecular complexity index is 420. The van der Waals surface area contributed by atoms with E-state index in [0.717, 1.165) is 12.8 Å². The molecule has 0 atom stereocenters. The van der Waals surface area contributed by atoms with Crippen LogP contribution in [0.15, 0.2) is 24.3 Å². The molecule has 0 aliphatic rings. The Kier molecular flexibility index (Phi) is 7.71. The van der Waals surface area contributed by atoms with Crippen LogP contribution in [0.3, 0.4) is 0 Å². The number of unbranched alkanes of at least 4 members (excludes halogenated alkanes) is 2. The Hall–Kier alpha value is -1.57. The number of hydrogen-bond acceptors (Lipinski definition) is 2. The molecule has 0 N–H and O–H groups in total. The van der Waals surface area contributed by atoms with Gasteiger partial charge in [0.05, 0.1) is 7.11 Å². The van der Waals surface area contributed by atoms with Crippen molar-refractivity contribution in [3.8, 4) is 0 Å². The molecule has 0 saturated carbocycles. The lowest BCUT2D eigenvalue weighted by atomic mass is 9.94. The minimum atomic E-state index is -0.295. The number of aryl methyl sites for hydroxylation is 2. The molecule has 1 aromatic carbocycles. The number of hydrogen-bond donors (Lipinski definition) is 0. The highest BCUT2D eigenvalue weighted by molar-refractivity contribution is 5.87. The normalized spacial score (nSPS) is 10.9. The van der Waals surface area contributed by atoms with E-state index in [9.17, 15) is 4.79 Å². The van der Waals surface area contributed by atoms with Gasteiger partial charge in [-0.05, 0) is 48.4 Å². The molecule has 0 aromatic heterocycles. The van der Waals surface area contributed by atoms with Crippen molar-refractivity contribution in [3.05, 3.63) is 41.0 Å². The lowest BCUT2D eigenvalue weighted by Gasteiger charge is -2.11. The topological polar surface area (TPSA) is 26.3 Å². The Balaban J connectivity index is 3.03. The Labute approximate surface area is 122 Å². The van der Waals surface area contributed by atoms with Gasteiger partial charge in [-0.25, -0.2) is 4.79 Å². The molecule has 20 heavy (non-hydrogen) atoms. The van der Waals surface area contributed by atoms with Crippen molar-refractivity contribution in [3.63, 3.8) is 0 Å². The molecule has 2 nitrogen and oxygen atoms in total. The Morgan fingerprint density at radius 2 is 1.65 bits per heavy atom. The highest BCUT2D eigenvalue weighted by Gasteiger charge is 2.06. The molecule has 0 fully saturated rings. The first-order valence-electron chi connectivity index (χ1n) is 7.59. The largest absolute Gasteiger partial charge is 0.466 e. The molecule has 0 aliphatic carbocycles. The van der Waals surface area contributed by atoms with Crippen LogP contribution in [-0.4, -0.2) is 13.1 Å². The van der Waals surface area contributed by atoms with Crippen LogP contribution in [0.1, 0.15) is 56.2 Å². The quantitative estimate of drug-likeness (QED) is 0.513. The average molecular weight is 274 g/mol. The Morgan fingerprint density at radius 1 is 1.10 bits per heavy atom. The number of methoxy groups -OCH3 is 1. The fourth-order valence-corrected chi connectivity index (χ4v) is 2.27. The summed E-state index contributed by atoms with van der Waals surface area (Å²) in [6, 6.07) is 6.47. The summed E-state index contributed by atoms with van der Waals surface area (Å²) < 4.78 is 4.69. The van der Waals surface area contributed by atoms with Gasteiger partial charge >= 0.3 is 5.97 Å². The second kappa shape index (κ2) is 9.35. The van der Waals surface area contributed by atoms with Crippen molar-refractivity contribution in [2.24, 2.45) is 0 Å². The minimum absolute atomic E-state index is 0.295. The average Bonchev–Trinajstić information content (AvgIpc) is 2.48. The van der Waals surface area contributed by atoms with E-state index in [1.165, 1.54) is 55.6 Å². The van der Waals surface area contributed by atoms with Crippen LogP contribution in [0, 0.1) is 0 Å². The van der Waals surface area contributed by atoms with Crippen LogP contribution in [0.2, 0.25) is 0 Å². The molecule has 0 amide bonds. The number of ether oxygens (including phenoxy) is 1. The molecule has 0 radical (unpaired) electrons. The molecule has 1 aromatic rings. The summed E-state index contributed by atoms with van der Waals surface area (Å²) in [6.45, 7) is 4.40. The van der Waals surface area contributed by atoms with E-state index in [1.54, 1.807) is 0 Å². The molecule has 1 rings (SSSR count). The maximum Gasteiger partial charge on any atom is 0.330 e. The summed E-state index contributed by atoms with van der Waals surface area (Å²) in [5.41, 5.74) is 3.88. The zero-order valence-electron chi connectivity index (χ0n) is 12.9. The SMILES string of the molecule is CCCCc1cccc(CCCC)c1C=CC(=O)OC. The maximum atomic E-state index is 11.3. The summed E-state index contributed by atoms with van der Waals surface area (Å²) in [5, 5.41) is 0. The smallest absolute Gasteiger partial charge is 0.330 e. The van der Waals surface area contributed by atoms with Crippen molar-refractivity contribution in [1.29, 1.82) is 0 Å². The standard InChI is InChI=1S/C18H26O2/c1-4-6-9-15-11-8-12-16(10-7-5-2)17(15)13-14-18(19)20-3/h8,11-14H,4-7,9-10H2,1-3H3. The van der Waals surface area contributed by atoms with Gasteiger partial charge in [0.25, 0.3) is 0 Å². The molecule has 2 heteroatoms. The molecular formula is C18H26O2. The van der Waals surface area contributed by atoms with Crippen LogP contribution in [0.25, 0.3) is 6.08 Å². The fraction of sp³-hybridized carbons (Fsp3) is 0.500. The molecule has 0 unspecified atom stereocenters. The predicted octanol–water partition coefficient (Wildman–Crippen LogP) is 4.56. The molecule has 0 bridgehead atoms. The zero-order chi connectivity index (χ0) is 14.8. The maximum absolute atomic E-state index is 11.3. The summed E-state index contributed by atoms with van der Waals surface area (Å²) in [6.07, 6.45) is 10.3. The van der Waals surface area contributed by atoms with E-state index < -0.39 is 0 Å². The van der Waals surface area contributed by atoms with E-state index in [4.69, 9.17) is 0 Å². The van der Waals surface area contributed by atoms with Gasteiger partial charge in [-0.15, -0.1) is 0 Å². The highest BCUT2D eigenvalue weighted by Crippen LogP contribution is 2.21. The first-order chi connectivity index (χ1) is 9.72. The first kappa shape index (κ1) is 16.5. The van der Waals surface area contributed by atoms with Crippen LogP contribution in [-0.2, 0) is 22.4 Å². The van der Waals surface area contributed by atoms with Gasteiger partial charge in [0.1, 0.15) is 0 Å². The second-order valence-electron chi connectivity index (χ2n) is 5.05. The van der Waals surface area contributed by atoms with Gasteiger partial charge in [-0.1, -0.05) is 44.9 Å². The van der Waals surface area contributed by atoms with E-state index in [2.05, 4.69) is 36.8 Å². The van der Waals surface area contributed by atoms with Crippen LogP contribution < -0.4 is 0 Å². The monoisotopic (exact) mass is 274 g/mol. The molecule has 0 heterocycles. The molecule has 0 aliphatic heterocycles. The fourth-order valence-electron chi connectivity index (χ4n) is 2.27. The molecule has 0 saturated heterocycles. The summed E-state index contributed by atoms with van der Waals surface area (Å²) in [7, 11) is 1.41. The van der Waals surface area contributed by atoms with Gasteiger partial charge in [-0.3, -0.25) is 0 Å². The summed E-state index contributed by atoms with van der Waals surface area (Å²) in [4.78, 5) is 11.3. The van der Waals surface area contributed by atoms with Gasteiger partial charge in [0, 0.05) is 6.08 Å². The van der Waals surface area contributed by atoms with Crippen molar-refractivity contribution in [2.75, 3.05) is 7.11 Å². The molecular weight excluding hydrogens is 248 g/mol. The first-order valence-corrected chi connectivity index (χ1v) is 7.59. The van der Waals surface area contributed by atoms with Crippen LogP contribution in [0.5, 0.6) is 0 Å². The van der Waals surface area contributed by atoms with E-state index in [0.29, 0.717) is 0 Å². The highest BCUT2D eigenvalue weighted by atomic mass is 16.5. The molecule has 0 spiro atoms. The number of carbonyl (C=O) groups excluding carboxylic acids is 1. The van der Waals surface area contributed by atoms with Gasteiger partial charge in [-0.2, -0.15) is 0 Å². The summed E-state index contributed by atoms with van der Waals surface area (Å²) in [5.74, 6) is -0.295. The Morgan fingerprint density at radius 3 is 2.10 bits per heavy atom. The lowest BCUT2D eigenvalue weighted by molar-refractivity contribution is -0.134. The summed E-state index contributed by atoms with van der Waals surface area (Å²) >= 11 is 0. The number of carbonyl (C=O) groups is 1. The number of benzene rings is 1. The van der Waals surface area contributed by atoms with Gasteiger partial charge < -0.3 is 4.74 Å².